The summed E-state index contributed by atoms with van der Waals surface area (Å²) in [4.78, 5) is 23.9. The van der Waals surface area contributed by atoms with Crippen molar-refractivity contribution in [1.82, 2.24) is 0 Å². The van der Waals surface area contributed by atoms with E-state index in [-0.39, 0.29) is 11.7 Å². The molecular formula is C21H25NO3. The van der Waals surface area contributed by atoms with Gasteiger partial charge in [-0.05, 0) is 56.0 Å². The predicted molar refractivity (Wildman–Crippen MR) is 100 cm³/mol. The van der Waals surface area contributed by atoms with Crippen molar-refractivity contribution < 1.29 is 14.3 Å². The highest BCUT2D eigenvalue weighted by Crippen LogP contribution is 2.25. The third-order valence-corrected chi connectivity index (χ3v) is 4.09. The Kier molecular flexibility index (Phi) is 5.97. The number of carbonyl (C=O) groups is 2. The number of carbonyl (C=O) groups excluding carboxylic acids is 2. The molecule has 1 N–H and O–H groups in total. The van der Waals surface area contributed by atoms with Gasteiger partial charge in [0.05, 0.1) is 0 Å². The highest BCUT2D eigenvalue weighted by Gasteiger charge is 2.17. The highest BCUT2D eigenvalue weighted by atomic mass is 16.5. The summed E-state index contributed by atoms with van der Waals surface area (Å²) in [5.41, 5.74) is 3.30. The Labute approximate surface area is 149 Å². The van der Waals surface area contributed by atoms with Crippen molar-refractivity contribution in [3.8, 4) is 5.75 Å². The fourth-order valence-electron chi connectivity index (χ4n) is 2.41. The minimum absolute atomic E-state index is 0.0403. The molecule has 0 saturated carbocycles. The van der Waals surface area contributed by atoms with Crippen LogP contribution in [0.4, 0.5) is 5.69 Å². The number of hydrogen-bond donors (Lipinski definition) is 1. The quantitative estimate of drug-likeness (QED) is 0.774. The lowest BCUT2D eigenvalue weighted by Gasteiger charge is -2.18. The minimum atomic E-state index is -0.651. The number of amides is 1. The van der Waals surface area contributed by atoms with E-state index in [0.29, 0.717) is 22.9 Å². The van der Waals surface area contributed by atoms with Crippen molar-refractivity contribution in [1.29, 1.82) is 0 Å². The fraction of sp³-hybridized carbons (Fsp3) is 0.333. The number of nitrogens with one attached hydrogen (secondary N) is 1. The number of anilines is 1. The molecule has 1 amide bonds. The van der Waals surface area contributed by atoms with Crippen LogP contribution >= 0.6 is 0 Å². The standard InChI is InChI=1S/C21H25NO3/c1-13(2)17-10-9-14(3)20(12-17)25-16(5)21(24)22-19-8-6-7-18(11-19)15(4)23/h6-13,16H,1-5H3,(H,22,24). The molecule has 0 aromatic heterocycles. The Balaban J connectivity index is 2.09. The summed E-state index contributed by atoms with van der Waals surface area (Å²) in [6.07, 6.45) is -0.651. The van der Waals surface area contributed by atoms with E-state index in [2.05, 4.69) is 25.2 Å². The molecule has 0 radical (unpaired) electrons. The van der Waals surface area contributed by atoms with Crippen LogP contribution in [0, 0.1) is 6.92 Å². The molecule has 2 aromatic carbocycles. The van der Waals surface area contributed by atoms with Gasteiger partial charge in [0.2, 0.25) is 0 Å². The minimum Gasteiger partial charge on any atom is -0.481 e. The molecule has 1 unspecified atom stereocenters. The van der Waals surface area contributed by atoms with Crippen molar-refractivity contribution in [2.45, 2.75) is 46.6 Å². The molecule has 4 nitrogen and oxygen atoms in total. The molecule has 0 aliphatic rings. The number of rotatable bonds is 6. The third-order valence-electron chi connectivity index (χ3n) is 4.09. The van der Waals surface area contributed by atoms with E-state index >= 15 is 0 Å². The van der Waals surface area contributed by atoms with Gasteiger partial charge in [0, 0.05) is 11.3 Å². The molecular weight excluding hydrogens is 314 g/mol. The van der Waals surface area contributed by atoms with Crippen LogP contribution < -0.4 is 10.1 Å². The zero-order valence-corrected chi connectivity index (χ0v) is 15.4. The molecule has 0 spiro atoms. The lowest BCUT2D eigenvalue weighted by Crippen LogP contribution is -2.30. The van der Waals surface area contributed by atoms with Crippen LogP contribution in [0.1, 0.15) is 55.1 Å². The molecule has 0 bridgehead atoms. The van der Waals surface area contributed by atoms with Crippen LogP contribution in [0.25, 0.3) is 0 Å². The van der Waals surface area contributed by atoms with Crippen molar-refractivity contribution >= 4 is 17.4 Å². The van der Waals surface area contributed by atoms with E-state index in [4.69, 9.17) is 4.74 Å². The molecule has 132 valence electrons. The van der Waals surface area contributed by atoms with E-state index < -0.39 is 6.10 Å². The number of Topliss-reactive ketones (excluding diaryl/α,β-unsaturated/α-hetero) is 1. The second-order valence-electron chi connectivity index (χ2n) is 6.57. The fourth-order valence-corrected chi connectivity index (χ4v) is 2.41. The summed E-state index contributed by atoms with van der Waals surface area (Å²) < 4.78 is 5.87. The van der Waals surface area contributed by atoms with Gasteiger partial charge >= 0.3 is 0 Å². The molecule has 0 saturated heterocycles. The molecule has 4 heteroatoms. The molecule has 0 aliphatic heterocycles. The van der Waals surface area contributed by atoms with Crippen molar-refractivity contribution in [2.75, 3.05) is 5.32 Å². The lowest BCUT2D eigenvalue weighted by atomic mass is 10.0. The second kappa shape index (κ2) is 7.97. The summed E-state index contributed by atoms with van der Waals surface area (Å²) in [7, 11) is 0. The smallest absolute Gasteiger partial charge is 0.265 e. The number of aryl methyl sites for hydroxylation is 1. The predicted octanol–water partition coefficient (Wildman–Crippen LogP) is 4.73. The zero-order valence-electron chi connectivity index (χ0n) is 15.4. The maximum absolute atomic E-state index is 12.4. The van der Waals surface area contributed by atoms with E-state index in [0.717, 1.165) is 5.56 Å². The van der Waals surface area contributed by atoms with E-state index in [1.165, 1.54) is 12.5 Å². The Morgan fingerprint density at radius 1 is 1.04 bits per heavy atom. The Bertz CT molecular complexity index is 780. The summed E-state index contributed by atoms with van der Waals surface area (Å²) in [6.45, 7) is 9.41. The van der Waals surface area contributed by atoms with Crippen LogP contribution in [-0.4, -0.2) is 17.8 Å². The summed E-state index contributed by atoms with van der Waals surface area (Å²) in [5.74, 6) is 0.810. The van der Waals surface area contributed by atoms with Crippen molar-refractivity contribution in [3.05, 3.63) is 59.2 Å². The van der Waals surface area contributed by atoms with Crippen LogP contribution in [0.3, 0.4) is 0 Å². The average Bonchev–Trinajstić information content (AvgIpc) is 2.56. The highest BCUT2D eigenvalue weighted by molar-refractivity contribution is 5.98. The zero-order chi connectivity index (χ0) is 18.6. The van der Waals surface area contributed by atoms with Gasteiger partial charge in [-0.25, -0.2) is 0 Å². The van der Waals surface area contributed by atoms with Gasteiger partial charge in [-0.1, -0.05) is 38.1 Å². The van der Waals surface area contributed by atoms with Gasteiger partial charge in [0.25, 0.3) is 5.91 Å². The van der Waals surface area contributed by atoms with E-state index in [1.54, 1.807) is 31.2 Å². The molecule has 1 atom stereocenters. The van der Waals surface area contributed by atoms with Crippen molar-refractivity contribution in [2.24, 2.45) is 0 Å². The largest absolute Gasteiger partial charge is 0.481 e. The van der Waals surface area contributed by atoms with E-state index in [9.17, 15) is 9.59 Å². The maximum Gasteiger partial charge on any atom is 0.265 e. The first-order valence-corrected chi connectivity index (χ1v) is 8.47. The molecule has 2 aromatic rings. The van der Waals surface area contributed by atoms with Crippen LogP contribution in [0.15, 0.2) is 42.5 Å². The van der Waals surface area contributed by atoms with Gasteiger partial charge in [-0.3, -0.25) is 9.59 Å². The average molecular weight is 339 g/mol. The summed E-state index contributed by atoms with van der Waals surface area (Å²) in [6, 6.07) is 12.9. The van der Waals surface area contributed by atoms with Gasteiger partial charge in [0.15, 0.2) is 11.9 Å². The normalized spacial score (nSPS) is 11.9. The molecule has 2 rings (SSSR count). The monoisotopic (exact) mass is 339 g/mol. The number of ether oxygens (including phenoxy) is 1. The Morgan fingerprint density at radius 3 is 2.40 bits per heavy atom. The van der Waals surface area contributed by atoms with Gasteiger partial charge < -0.3 is 10.1 Å². The van der Waals surface area contributed by atoms with Crippen molar-refractivity contribution in [3.63, 3.8) is 0 Å². The Morgan fingerprint density at radius 2 is 1.76 bits per heavy atom. The molecule has 0 aliphatic carbocycles. The lowest BCUT2D eigenvalue weighted by molar-refractivity contribution is -0.122. The first-order valence-electron chi connectivity index (χ1n) is 8.47. The summed E-state index contributed by atoms with van der Waals surface area (Å²) in [5, 5.41) is 2.80. The first-order chi connectivity index (χ1) is 11.8. The topological polar surface area (TPSA) is 55.4 Å². The summed E-state index contributed by atoms with van der Waals surface area (Å²) >= 11 is 0. The number of benzene rings is 2. The van der Waals surface area contributed by atoms with Gasteiger partial charge in [-0.2, -0.15) is 0 Å². The van der Waals surface area contributed by atoms with E-state index in [1.807, 2.05) is 19.1 Å². The van der Waals surface area contributed by atoms with Crippen LogP contribution in [0.5, 0.6) is 5.75 Å². The van der Waals surface area contributed by atoms with Crippen LogP contribution in [0.2, 0.25) is 0 Å². The van der Waals surface area contributed by atoms with Crippen LogP contribution in [-0.2, 0) is 4.79 Å². The second-order valence-corrected chi connectivity index (χ2v) is 6.57. The first kappa shape index (κ1) is 18.7. The third kappa shape index (κ3) is 4.92. The Hall–Kier alpha value is -2.62. The van der Waals surface area contributed by atoms with Gasteiger partial charge in [0.1, 0.15) is 5.75 Å². The molecule has 0 heterocycles. The molecule has 0 fully saturated rings. The SMILES string of the molecule is CC(=O)c1cccc(NC(=O)C(C)Oc2cc(C(C)C)ccc2C)c1. The number of hydrogen-bond acceptors (Lipinski definition) is 3. The molecule has 25 heavy (non-hydrogen) atoms. The maximum atomic E-state index is 12.4. The van der Waals surface area contributed by atoms with Gasteiger partial charge in [-0.15, -0.1) is 0 Å². The number of ketones is 1.